The highest BCUT2D eigenvalue weighted by atomic mass is 32.2. The predicted octanol–water partition coefficient (Wildman–Crippen LogP) is 1.12. The van der Waals surface area contributed by atoms with Crippen molar-refractivity contribution >= 4 is 15.7 Å². The molecule has 2 bridgehead atoms. The third-order valence-electron chi connectivity index (χ3n) is 4.47. The maximum Gasteiger partial charge on any atom is 0.293 e. The van der Waals surface area contributed by atoms with E-state index >= 15 is 0 Å². The quantitative estimate of drug-likeness (QED) is 0.650. The van der Waals surface area contributed by atoms with Crippen molar-refractivity contribution in [2.24, 2.45) is 0 Å². The molecule has 2 unspecified atom stereocenters. The number of fused-ring (bicyclic) bond motifs is 2. The van der Waals surface area contributed by atoms with Crippen LogP contribution in [0.5, 0.6) is 5.75 Å². The van der Waals surface area contributed by atoms with E-state index in [0.717, 1.165) is 25.3 Å². The molecule has 0 aromatic heterocycles. The molecule has 3 rings (SSSR count). The summed E-state index contributed by atoms with van der Waals surface area (Å²) in [5, 5.41) is 14.7. The van der Waals surface area contributed by atoms with Gasteiger partial charge in [-0.2, -0.15) is 4.31 Å². The lowest BCUT2D eigenvalue weighted by Gasteiger charge is -2.23. The van der Waals surface area contributed by atoms with Crippen LogP contribution in [0.3, 0.4) is 0 Å². The Morgan fingerprint density at radius 1 is 1.30 bits per heavy atom. The lowest BCUT2D eigenvalue weighted by molar-refractivity contribution is -0.387. The number of ether oxygens (including phenoxy) is 1. The van der Waals surface area contributed by atoms with Crippen molar-refractivity contribution in [2.75, 3.05) is 20.2 Å². The first-order valence-electron chi connectivity index (χ1n) is 7.50. The second-order valence-electron chi connectivity index (χ2n) is 5.88. The summed E-state index contributed by atoms with van der Waals surface area (Å²) >= 11 is 0. The minimum atomic E-state index is -3.91. The van der Waals surface area contributed by atoms with Crippen LogP contribution in [0.4, 0.5) is 5.69 Å². The fraction of sp³-hybridized carbons (Fsp3) is 0.571. The molecular weight excluding hydrogens is 322 g/mol. The number of nitrogens with one attached hydrogen (secondary N) is 1. The number of hydrogen-bond donors (Lipinski definition) is 1. The van der Waals surface area contributed by atoms with Gasteiger partial charge in [0.05, 0.1) is 18.1 Å². The molecular formula is C14H19N3O5S. The summed E-state index contributed by atoms with van der Waals surface area (Å²) in [7, 11) is -2.53. The standard InChI is InChI=1S/C14H19N3O5S/c1-22-12-4-5-14(13(8-12)17(18)19)23(20,21)16-7-6-10-2-3-11(9-16)15-10/h4-5,8,10-11,15H,2-3,6-7,9H2,1H3. The molecule has 9 heteroatoms. The van der Waals surface area contributed by atoms with E-state index in [2.05, 4.69) is 5.32 Å². The van der Waals surface area contributed by atoms with Crippen LogP contribution in [0.25, 0.3) is 0 Å². The zero-order valence-corrected chi connectivity index (χ0v) is 13.6. The van der Waals surface area contributed by atoms with E-state index in [4.69, 9.17) is 4.74 Å². The van der Waals surface area contributed by atoms with Crippen molar-refractivity contribution in [1.82, 2.24) is 9.62 Å². The molecule has 0 saturated carbocycles. The molecule has 0 aliphatic carbocycles. The van der Waals surface area contributed by atoms with Crippen LogP contribution < -0.4 is 10.1 Å². The largest absolute Gasteiger partial charge is 0.497 e. The summed E-state index contributed by atoms with van der Waals surface area (Å²) < 4.78 is 32.1. The van der Waals surface area contributed by atoms with E-state index in [0.29, 0.717) is 19.1 Å². The summed E-state index contributed by atoms with van der Waals surface area (Å²) in [5.41, 5.74) is -0.452. The van der Waals surface area contributed by atoms with Crippen molar-refractivity contribution in [3.05, 3.63) is 28.3 Å². The molecule has 1 aromatic rings. The average Bonchev–Trinajstić information content (AvgIpc) is 2.85. The number of methoxy groups -OCH3 is 1. The maximum absolute atomic E-state index is 12.9. The number of benzene rings is 1. The predicted molar refractivity (Wildman–Crippen MR) is 83.0 cm³/mol. The van der Waals surface area contributed by atoms with Crippen LogP contribution in [0.2, 0.25) is 0 Å². The van der Waals surface area contributed by atoms with Gasteiger partial charge in [0.2, 0.25) is 10.0 Å². The molecule has 23 heavy (non-hydrogen) atoms. The van der Waals surface area contributed by atoms with E-state index in [1.165, 1.54) is 23.5 Å². The Bertz CT molecular complexity index is 721. The first-order chi connectivity index (χ1) is 10.9. The molecule has 0 amide bonds. The van der Waals surface area contributed by atoms with Gasteiger partial charge in [0, 0.05) is 25.2 Å². The summed E-state index contributed by atoms with van der Waals surface area (Å²) in [6.07, 6.45) is 2.71. The molecule has 0 spiro atoms. The minimum Gasteiger partial charge on any atom is -0.497 e. The molecule has 2 heterocycles. The average molecular weight is 341 g/mol. The van der Waals surface area contributed by atoms with Gasteiger partial charge < -0.3 is 10.1 Å². The Morgan fingerprint density at radius 2 is 2.04 bits per heavy atom. The van der Waals surface area contributed by atoms with E-state index in [9.17, 15) is 18.5 Å². The first kappa shape index (κ1) is 16.2. The van der Waals surface area contributed by atoms with Crippen molar-refractivity contribution in [2.45, 2.75) is 36.2 Å². The molecule has 8 nitrogen and oxygen atoms in total. The lowest BCUT2D eigenvalue weighted by atomic mass is 10.1. The van der Waals surface area contributed by atoms with E-state index < -0.39 is 20.6 Å². The topological polar surface area (TPSA) is 102 Å². The number of rotatable bonds is 4. The summed E-state index contributed by atoms with van der Waals surface area (Å²) in [4.78, 5) is 10.3. The SMILES string of the molecule is COc1ccc(S(=O)(=O)N2CCC3CCC(C2)N3)c([N+](=O)[O-])c1. The molecule has 2 aliphatic rings. The molecule has 2 fully saturated rings. The molecule has 1 aromatic carbocycles. The Labute approximate surface area is 134 Å². The molecule has 0 radical (unpaired) electrons. The number of nitro benzene ring substituents is 1. The summed E-state index contributed by atoms with van der Waals surface area (Å²) in [5.74, 6) is 0.257. The fourth-order valence-corrected chi connectivity index (χ4v) is 4.89. The number of nitro groups is 1. The highest BCUT2D eigenvalue weighted by Gasteiger charge is 2.37. The zero-order chi connectivity index (χ0) is 16.6. The summed E-state index contributed by atoms with van der Waals surface area (Å²) in [6, 6.07) is 4.29. The fourth-order valence-electron chi connectivity index (χ4n) is 3.25. The van der Waals surface area contributed by atoms with Crippen molar-refractivity contribution in [1.29, 1.82) is 0 Å². The van der Waals surface area contributed by atoms with Gasteiger partial charge in [-0.15, -0.1) is 0 Å². The van der Waals surface area contributed by atoms with E-state index in [-0.39, 0.29) is 16.7 Å². The van der Waals surface area contributed by atoms with Crippen LogP contribution >= 0.6 is 0 Å². The van der Waals surface area contributed by atoms with Crippen LogP contribution in [-0.4, -0.2) is 49.9 Å². The highest BCUT2D eigenvalue weighted by molar-refractivity contribution is 7.89. The maximum atomic E-state index is 12.9. The molecule has 1 N–H and O–H groups in total. The monoisotopic (exact) mass is 341 g/mol. The minimum absolute atomic E-state index is 0.120. The van der Waals surface area contributed by atoms with Gasteiger partial charge in [-0.1, -0.05) is 0 Å². The van der Waals surface area contributed by atoms with Gasteiger partial charge in [-0.3, -0.25) is 10.1 Å². The Hall–Kier alpha value is -1.71. The first-order valence-corrected chi connectivity index (χ1v) is 8.94. The van der Waals surface area contributed by atoms with Gasteiger partial charge in [0.25, 0.3) is 5.69 Å². The van der Waals surface area contributed by atoms with Crippen LogP contribution in [-0.2, 0) is 10.0 Å². The van der Waals surface area contributed by atoms with E-state index in [1.807, 2.05) is 0 Å². The van der Waals surface area contributed by atoms with Crippen LogP contribution in [0.1, 0.15) is 19.3 Å². The lowest BCUT2D eigenvalue weighted by Crippen LogP contribution is -2.39. The van der Waals surface area contributed by atoms with Crippen molar-refractivity contribution in [3.8, 4) is 5.75 Å². The van der Waals surface area contributed by atoms with Gasteiger partial charge >= 0.3 is 0 Å². The number of hydrogen-bond acceptors (Lipinski definition) is 6. The molecule has 2 aliphatic heterocycles. The summed E-state index contributed by atoms with van der Waals surface area (Å²) in [6.45, 7) is 0.724. The highest BCUT2D eigenvalue weighted by Crippen LogP contribution is 2.32. The zero-order valence-electron chi connectivity index (χ0n) is 12.8. The number of nitrogens with zero attached hydrogens (tertiary/aromatic N) is 2. The third-order valence-corrected chi connectivity index (χ3v) is 6.38. The second kappa shape index (κ2) is 6.06. The molecule has 2 atom stereocenters. The van der Waals surface area contributed by atoms with Crippen molar-refractivity contribution < 1.29 is 18.1 Å². The second-order valence-corrected chi connectivity index (χ2v) is 7.79. The van der Waals surface area contributed by atoms with Crippen molar-refractivity contribution in [3.63, 3.8) is 0 Å². The number of sulfonamides is 1. The smallest absolute Gasteiger partial charge is 0.293 e. The Balaban J connectivity index is 1.97. The van der Waals surface area contributed by atoms with Gasteiger partial charge in [-0.05, 0) is 31.4 Å². The normalized spacial score (nSPS) is 25.1. The van der Waals surface area contributed by atoms with Crippen LogP contribution in [0, 0.1) is 10.1 Å². The van der Waals surface area contributed by atoms with Gasteiger partial charge in [0.15, 0.2) is 4.90 Å². The Morgan fingerprint density at radius 3 is 2.74 bits per heavy atom. The third kappa shape index (κ3) is 3.04. The van der Waals surface area contributed by atoms with E-state index in [1.54, 1.807) is 0 Å². The van der Waals surface area contributed by atoms with Gasteiger partial charge in [0.1, 0.15) is 5.75 Å². The van der Waals surface area contributed by atoms with Gasteiger partial charge in [-0.25, -0.2) is 8.42 Å². The van der Waals surface area contributed by atoms with Crippen LogP contribution in [0.15, 0.2) is 23.1 Å². The molecule has 2 saturated heterocycles. The molecule has 126 valence electrons. The Kier molecular flexibility index (Phi) is 4.26.